The smallest absolute Gasteiger partial charge is 0.145 e. The zero-order chi connectivity index (χ0) is 14.9. The van der Waals surface area contributed by atoms with Crippen molar-refractivity contribution in [1.29, 1.82) is 0 Å². The Morgan fingerprint density at radius 1 is 1.05 bits per heavy atom. The minimum absolute atomic E-state index is 0.825. The van der Waals surface area contributed by atoms with E-state index < -0.39 is 0 Å². The highest BCUT2D eigenvalue weighted by molar-refractivity contribution is 5.98. The summed E-state index contributed by atoms with van der Waals surface area (Å²) in [5, 5.41) is 4.59. The Hall–Kier alpha value is -2.39. The molecule has 1 N–H and O–H groups in total. The average molecular weight is 290 g/mol. The molecule has 0 saturated carbocycles. The number of methoxy groups -OCH3 is 1. The molecule has 1 aliphatic heterocycles. The highest BCUT2D eigenvalue weighted by Crippen LogP contribution is 2.36. The molecule has 0 spiro atoms. The molecular weight excluding hydrogens is 272 g/mol. The van der Waals surface area contributed by atoms with Crippen molar-refractivity contribution in [2.75, 3.05) is 13.7 Å². The number of ether oxygens (including phenoxy) is 1. The quantitative estimate of drug-likeness (QED) is 0.783. The van der Waals surface area contributed by atoms with Crippen LogP contribution in [0.15, 0.2) is 48.7 Å². The fourth-order valence-electron chi connectivity index (χ4n) is 3.33. The van der Waals surface area contributed by atoms with Gasteiger partial charge in [0.1, 0.15) is 11.3 Å². The maximum absolute atomic E-state index is 5.46. The van der Waals surface area contributed by atoms with E-state index in [2.05, 4.69) is 40.6 Å². The summed E-state index contributed by atoms with van der Waals surface area (Å²) in [4.78, 5) is 4.51. The summed E-state index contributed by atoms with van der Waals surface area (Å²) in [6, 6.07) is 14.9. The van der Waals surface area contributed by atoms with Gasteiger partial charge in [-0.1, -0.05) is 24.3 Å². The maximum atomic E-state index is 5.46. The summed E-state index contributed by atoms with van der Waals surface area (Å²) in [7, 11) is 1.69. The van der Waals surface area contributed by atoms with E-state index in [4.69, 9.17) is 4.74 Å². The van der Waals surface area contributed by atoms with Crippen LogP contribution in [-0.2, 0) is 13.0 Å². The fourth-order valence-corrected chi connectivity index (χ4v) is 3.33. The Morgan fingerprint density at radius 3 is 2.91 bits per heavy atom. The first-order chi connectivity index (χ1) is 10.9. The number of pyridine rings is 1. The Kier molecular flexibility index (Phi) is 3.28. The molecule has 1 aromatic heterocycles. The maximum Gasteiger partial charge on any atom is 0.145 e. The summed E-state index contributed by atoms with van der Waals surface area (Å²) in [6.45, 7) is 1.99. The summed E-state index contributed by atoms with van der Waals surface area (Å²) < 4.78 is 5.46. The van der Waals surface area contributed by atoms with Crippen LogP contribution in [0.1, 0.15) is 11.1 Å². The van der Waals surface area contributed by atoms with Crippen molar-refractivity contribution in [3.8, 4) is 16.9 Å². The predicted molar refractivity (Wildman–Crippen MR) is 89.1 cm³/mol. The van der Waals surface area contributed by atoms with Gasteiger partial charge in [0, 0.05) is 18.1 Å². The highest BCUT2D eigenvalue weighted by atomic mass is 16.5. The van der Waals surface area contributed by atoms with Crippen LogP contribution in [-0.4, -0.2) is 18.6 Å². The Bertz CT molecular complexity index is 842. The molecule has 110 valence electrons. The third kappa shape index (κ3) is 2.06. The van der Waals surface area contributed by atoms with Gasteiger partial charge in [-0.15, -0.1) is 0 Å². The summed E-state index contributed by atoms with van der Waals surface area (Å²) >= 11 is 0. The van der Waals surface area contributed by atoms with Gasteiger partial charge in [0.15, 0.2) is 0 Å². The molecule has 1 aliphatic rings. The number of nitrogens with zero attached hydrogens (tertiary/aromatic N) is 1. The monoisotopic (exact) mass is 290 g/mol. The largest absolute Gasteiger partial charge is 0.494 e. The van der Waals surface area contributed by atoms with Gasteiger partial charge in [-0.3, -0.25) is 4.98 Å². The molecule has 0 fully saturated rings. The SMILES string of the molecule is COc1ccc(-c2cccc3c2CCNC3)c2cccnc12. The van der Waals surface area contributed by atoms with Crippen LogP contribution in [0.3, 0.4) is 0 Å². The Morgan fingerprint density at radius 2 is 2.00 bits per heavy atom. The van der Waals surface area contributed by atoms with Crippen molar-refractivity contribution < 1.29 is 4.74 Å². The lowest BCUT2D eigenvalue weighted by molar-refractivity contribution is 0.419. The van der Waals surface area contributed by atoms with Crippen molar-refractivity contribution in [2.45, 2.75) is 13.0 Å². The molecule has 4 rings (SSSR count). The lowest BCUT2D eigenvalue weighted by atomic mass is 9.89. The molecule has 0 atom stereocenters. The molecule has 0 saturated heterocycles. The second-order valence-electron chi connectivity index (χ2n) is 5.58. The third-order valence-corrected chi connectivity index (χ3v) is 4.38. The number of hydrogen-bond donors (Lipinski definition) is 1. The topological polar surface area (TPSA) is 34.1 Å². The van der Waals surface area contributed by atoms with Gasteiger partial charge in [0.2, 0.25) is 0 Å². The number of benzene rings is 2. The van der Waals surface area contributed by atoms with Crippen molar-refractivity contribution >= 4 is 10.9 Å². The molecule has 22 heavy (non-hydrogen) atoms. The number of fused-ring (bicyclic) bond motifs is 2. The highest BCUT2D eigenvalue weighted by Gasteiger charge is 2.16. The number of aromatic nitrogens is 1. The first-order valence-corrected chi connectivity index (χ1v) is 7.62. The molecule has 2 heterocycles. The van der Waals surface area contributed by atoms with Gasteiger partial charge in [-0.2, -0.15) is 0 Å². The molecule has 2 aromatic carbocycles. The average Bonchev–Trinajstić information content (AvgIpc) is 2.60. The molecular formula is C19H18N2O. The fraction of sp³-hybridized carbons (Fsp3) is 0.211. The van der Waals surface area contributed by atoms with E-state index in [9.17, 15) is 0 Å². The molecule has 3 aromatic rings. The van der Waals surface area contributed by atoms with Gasteiger partial charge >= 0.3 is 0 Å². The first kappa shape index (κ1) is 13.3. The lowest BCUT2D eigenvalue weighted by Gasteiger charge is -2.21. The Labute approximate surface area is 130 Å². The zero-order valence-corrected chi connectivity index (χ0v) is 12.6. The molecule has 0 aliphatic carbocycles. The number of hydrogen-bond acceptors (Lipinski definition) is 3. The van der Waals surface area contributed by atoms with E-state index in [0.29, 0.717) is 0 Å². The molecule has 3 nitrogen and oxygen atoms in total. The van der Waals surface area contributed by atoms with Crippen molar-refractivity contribution in [2.24, 2.45) is 0 Å². The Balaban J connectivity index is 2.00. The van der Waals surface area contributed by atoms with Crippen molar-refractivity contribution in [3.05, 3.63) is 59.8 Å². The lowest BCUT2D eigenvalue weighted by Crippen LogP contribution is -2.24. The van der Waals surface area contributed by atoms with Gasteiger partial charge < -0.3 is 10.1 Å². The minimum Gasteiger partial charge on any atom is -0.494 e. The zero-order valence-electron chi connectivity index (χ0n) is 12.6. The summed E-state index contributed by atoms with van der Waals surface area (Å²) in [5.74, 6) is 0.825. The van der Waals surface area contributed by atoms with Crippen LogP contribution in [0.25, 0.3) is 22.0 Å². The van der Waals surface area contributed by atoms with Crippen LogP contribution in [0, 0.1) is 0 Å². The predicted octanol–water partition coefficient (Wildman–Crippen LogP) is 3.56. The molecule has 0 unspecified atom stereocenters. The first-order valence-electron chi connectivity index (χ1n) is 7.62. The summed E-state index contributed by atoms with van der Waals surface area (Å²) in [6.07, 6.45) is 2.89. The second kappa shape index (κ2) is 5.43. The molecule has 0 radical (unpaired) electrons. The molecule has 3 heteroatoms. The van der Waals surface area contributed by atoms with Crippen LogP contribution < -0.4 is 10.1 Å². The van der Waals surface area contributed by atoms with Gasteiger partial charge in [0.25, 0.3) is 0 Å². The van der Waals surface area contributed by atoms with Crippen molar-refractivity contribution in [1.82, 2.24) is 10.3 Å². The number of nitrogens with one attached hydrogen (secondary N) is 1. The standard InChI is InChI=1S/C19H18N2O/c1-22-18-8-7-16(17-6-3-10-21-19(17)18)15-5-2-4-13-12-20-11-9-14(13)15/h2-8,10,20H,9,11-12H2,1H3. The summed E-state index contributed by atoms with van der Waals surface area (Å²) in [5.41, 5.74) is 6.34. The minimum atomic E-state index is 0.825. The number of rotatable bonds is 2. The molecule has 0 amide bonds. The van der Waals surface area contributed by atoms with E-state index in [-0.39, 0.29) is 0 Å². The van der Waals surface area contributed by atoms with Crippen LogP contribution in [0.4, 0.5) is 0 Å². The molecule has 0 bridgehead atoms. The van der Waals surface area contributed by atoms with E-state index in [0.717, 1.165) is 36.2 Å². The van der Waals surface area contributed by atoms with Gasteiger partial charge in [-0.05, 0) is 53.4 Å². The van der Waals surface area contributed by atoms with Gasteiger partial charge in [0.05, 0.1) is 7.11 Å². The van der Waals surface area contributed by atoms with E-state index in [1.54, 1.807) is 7.11 Å². The van der Waals surface area contributed by atoms with Gasteiger partial charge in [-0.25, -0.2) is 0 Å². The van der Waals surface area contributed by atoms with Crippen LogP contribution in [0.2, 0.25) is 0 Å². The normalized spacial score (nSPS) is 13.9. The van der Waals surface area contributed by atoms with E-state index >= 15 is 0 Å². The van der Waals surface area contributed by atoms with Crippen LogP contribution in [0.5, 0.6) is 5.75 Å². The third-order valence-electron chi connectivity index (χ3n) is 4.38. The van der Waals surface area contributed by atoms with Crippen molar-refractivity contribution in [3.63, 3.8) is 0 Å². The van der Waals surface area contributed by atoms with E-state index in [1.807, 2.05) is 18.3 Å². The second-order valence-corrected chi connectivity index (χ2v) is 5.58. The van der Waals surface area contributed by atoms with Crippen LogP contribution >= 0.6 is 0 Å². The van der Waals surface area contributed by atoms with E-state index in [1.165, 1.54) is 22.3 Å².